The number of anilines is 1. The summed E-state index contributed by atoms with van der Waals surface area (Å²) in [6.45, 7) is 6.49. The van der Waals surface area contributed by atoms with E-state index in [1.807, 2.05) is 0 Å². The molecule has 218 valence electrons. The molecular weight excluding hydrogens is 533 g/mol. The highest BCUT2D eigenvalue weighted by Gasteiger charge is 2.49. The second-order valence-corrected chi connectivity index (χ2v) is 12.5. The van der Waals surface area contributed by atoms with Gasteiger partial charge in [-0.25, -0.2) is 13.2 Å². The lowest BCUT2D eigenvalue weighted by molar-refractivity contribution is 0.107. The number of benzene rings is 1. The van der Waals surface area contributed by atoms with Gasteiger partial charge in [-0.1, -0.05) is 13.8 Å². The molecule has 3 aromatic rings. The molecule has 2 bridgehead atoms. The maximum absolute atomic E-state index is 16.5. The van der Waals surface area contributed by atoms with Gasteiger partial charge in [0.15, 0.2) is 5.82 Å². The maximum Gasteiger partial charge on any atom is 0.319 e. The third-order valence-electron chi connectivity index (χ3n) is 9.34. The fraction of sp³-hybridized carbons (Fsp3) is 0.567. The number of hydrogen-bond donors (Lipinski definition) is 2. The molecule has 4 aliphatic rings. The number of alkyl halides is 1. The van der Waals surface area contributed by atoms with Gasteiger partial charge < -0.3 is 20.1 Å². The first-order valence-corrected chi connectivity index (χ1v) is 14.6. The molecule has 0 spiro atoms. The number of pyridine rings is 1. The van der Waals surface area contributed by atoms with Crippen molar-refractivity contribution in [3.05, 3.63) is 35.5 Å². The molecule has 8 nitrogen and oxygen atoms in total. The topological polar surface area (TPSA) is 86.6 Å². The second-order valence-electron chi connectivity index (χ2n) is 12.5. The number of aromatic nitrogens is 3. The van der Waals surface area contributed by atoms with Crippen LogP contribution in [0.4, 0.5) is 19.0 Å². The van der Waals surface area contributed by atoms with Crippen LogP contribution in [0.2, 0.25) is 0 Å². The van der Waals surface area contributed by atoms with Crippen molar-refractivity contribution in [3.8, 4) is 23.0 Å². The molecule has 0 saturated carbocycles. The molecule has 2 N–H and O–H groups in total. The molecule has 0 amide bonds. The Bertz CT molecular complexity index is 1490. The highest BCUT2D eigenvalue weighted by molar-refractivity contribution is 5.92. The van der Waals surface area contributed by atoms with Crippen LogP contribution >= 0.6 is 0 Å². The highest BCUT2D eigenvalue weighted by atomic mass is 19.1. The van der Waals surface area contributed by atoms with Gasteiger partial charge in [0, 0.05) is 61.5 Å². The van der Waals surface area contributed by atoms with Crippen molar-refractivity contribution in [1.82, 2.24) is 25.2 Å². The van der Waals surface area contributed by atoms with E-state index in [1.54, 1.807) is 13.8 Å². The zero-order chi connectivity index (χ0) is 28.5. The average molecular weight is 569 g/mol. The summed E-state index contributed by atoms with van der Waals surface area (Å²) in [5.41, 5.74) is -0.0293. The number of nitrogens with zero attached hydrogens (tertiary/aromatic N) is 5. The lowest BCUT2D eigenvalue weighted by Gasteiger charge is -2.34. The Morgan fingerprint density at radius 3 is 2.68 bits per heavy atom. The molecule has 7 rings (SSSR count). The number of phenolic OH excluding ortho intramolecular Hbond substituents is 1. The van der Waals surface area contributed by atoms with Crippen LogP contribution in [0.5, 0.6) is 11.8 Å². The zero-order valence-electron chi connectivity index (χ0n) is 23.3. The number of fused-ring (bicyclic) bond motifs is 4. The van der Waals surface area contributed by atoms with E-state index in [-0.39, 0.29) is 46.6 Å². The fourth-order valence-corrected chi connectivity index (χ4v) is 7.52. The molecule has 0 radical (unpaired) electrons. The summed E-state index contributed by atoms with van der Waals surface area (Å²) in [6, 6.07) is 3.03. The summed E-state index contributed by atoms with van der Waals surface area (Å²) in [7, 11) is 0. The number of aromatic hydroxyl groups is 1. The van der Waals surface area contributed by atoms with Crippen LogP contribution in [0.3, 0.4) is 0 Å². The quantitative estimate of drug-likeness (QED) is 0.443. The van der Waals surface area contributed by atoms with Gasteiger partial charge in [-0.05, 0) is 44.2 Å². The molecule has 4 aliphatic heterocycles. The Hall–Kier alpha value is -3.18. The third kappa shape index (κ3) is 4.57. The zero-order valence-corrected chi connectivity index (χ0v) is 23.3. The molecule has 2 unspecified atom stereocenters. The van der Waals surface area contributed by atoms with Crippen molar-refractivity contribution >= 4 is 16.7 Å². The minimum atomic E-state index is -0.896. The first-order chi connectivity index (χ1) is 19.7. The van der Waals surface area contributed by atoms with E-state index in [0.29, 0.717) is 49.3 Å². The van der Waals surface area contributed by atoms with Gasteiger partial charge in [-0.15, -0.1) is 0 Å². The largest absolute Gasteiger partial charge is 0.508 e. The molecule has 11 heteroatoms. The molecule has 1 aromatic carbocycles. The van der Waals surface area contributed by atoms with Crippen LogP contribution < -0.4 is 15.0 Å². The Morgan fingerprint density at radius 1 is 1.15 bits per heavy atom. The Balaban J connectivity index is 1.34. The van der Waals surface area contributed by atoms with Crippen LogP contribution in [0.15, 0.2) is 18.3 Å². The Kier molecular flexibility index (Phi) is 6.50. The number of halogens is 3. The number of hydrogen-bond acceptors (Lipinski definition) is 8. The summed E-state index contributed by atoms with van der Waals surface area (Å²) in [6.07, 6.45) is 4.97. The van der Waals surface area contributed by atoms with Gasteiger partial charge in [0.1, 0.15) is 41.4 Å². The first kappa shape index (κ1) is 26.7. The van der Waals surface area contributed by atoms with Crippen molar-refractivity contribution in [2.45, 2.75) is 75.7 Å². The van der Waals surface area contributed by atoms with E-state index >= 15 is 4.39 Å². The first-order valence-electron chi connectivity index (χ1n) is 14.6. The van der Waals surface area contributed by atoms with Gasteiger partial charge in [0.2, 0.25) is 0 Å². The summed E-state index contributed by atoms with van der Waals surface area (Å²) >= 11 is 0. The van der Waals surface area contributed by atoms with Crippen LogP contribution in [-0.4, -0.2) is 81.5 Å². The van der Waals surface area contributed by atoms with Crippen molar-refractivity contribution in [3.63, 3.8) is 0 Å². The number of nitrogens with one attached hydrogen (secondary N) is 1. The predicted octanol–water partition coefficient (Wildman–Crippen LogP) is 4.69. The third-order valence-corrected chi connectivity index (χ3v) is 9.34. The molecule has 6 heterocycles. The Labute approximate surface area is 236 Å². The maximum atomic E-state index is 16.5. The van der Waals surface area contributed by atoms with E-state index in [4.69, 9.17) is 9.72 Å². The van der Waals surface area contributed by atoms with E-state index in [9.17, 15) is 13.9 Å². The molecule has 4 fully saturated rings. The van der Waals surface area contributed by atoms with Gasteiger partial charge in [-0.2, -0.15) is 9.97 Å². The average Bonchev–Trinajstić information content (AvgIpc) is 3.57. The summed E-state index contributed by atoms with van der Waals surface area (Å²) < 4.78 is 52.0. The van der Waals surface area contributed by atoms with Crippen molar-refractivity contribution in [1.29, 1.82) is 0 Å². The summed E-state index contributed by atoms with van der Waals surface area (Å²) in [5.74, 6) is -1.40. The second kappa shape index (κ2) is 9.97. The fourth-order valence-electron chi connectivity index (χ4n) is 7.52. The SMILES string of the molecule is CC(C)c1c(F)cc(O)cc1-c1ncc2c(N3CC4CCC(C3)N4)nc(OC[C@@]34CCCN3C[C@H](F)C4)nc2c1F. The van der Waals surface area contributed by atoms with Crippen LogP contribution in [0.1, 0.15) is 57.4 Å². The normalized spacial score (nSPS) is 27.8. The van der Waals surface area contributed by atoms with Crippen LogP contribution in [0.25, 0.3) is 22.2 Å². The Morgan fingerprint density at radius 2 is 1.93 bits per heavy atom. The minimum absolute atomic E-state index is 0.0231. The van der Waals surface area contributed by atoms with E-state index in [2.05, 4.69) is 25.1 Å². The van der Waals surface area contributed by atoms with Crippen molar-refractivity contribution in [2.75, 3.05) is 37.7 Å². The van der Waals surface area contributed by atoms with Crippen LogP contribution in [0, 0.1) is 11.6 Å². The van der Waals surface area contributed by atoms with Gasteiger partial charge in [0.25, 0.3) is 0 Å². The molecular formula is C30H35F3N6O2. The van der Waals surface area contributed by atoms with Gasteiger partial charge in [-0.3, -0.25) is 9.88 Å². The van der Waals surface area contributed by atoms with Gasteiger partial charge >= 0.3 is 6.01 Å². The monoisotopic (exact) mass is 568 g/mol. The lowest BCUT2D eigenvalue weighted by atomic mass is 9.93. The molecule has 41 heavy (non-hydrogen) atoms. The smallest absolute Gasteiger partial charge is 0.319 e. The van der Waals surface area contributed by atoms with Crippen molar-refractivity contribution < 1.29 is 23.0 Å². The van der Waals surface area contributed by atoms with E-state index in [1.165, 1.54) is 12.3 Å². The minimum Gasteiger partial charge on any atom is -0.508 e. The number of ether oxygens (including phenoxy) is 1. The highest BCUT2D eigenvalue weighted by Crippen LogP contribution is 2.41. The van der Waals surface area contributed by atoms with E-state index in [0.717, 1.165) is 38.3 Å². The summed E-state index contributed by atoms with van der Waals surface area (Å²) in [4.78, 5) is 18.0. The predicted molar refractivity (Wildman–Crippen MR) is 149 cm³/mol. The molecule has 2 aromatic heterocycles. The van der Waals surface area contributed by atoms with E-state index < -0.39 is 23.3 Å². The number of rotatable bonds is 6. The van der Waals surface area contributed by atoms with Crippen LogP contribution in [-0.2, 0) is 0 Å². The van der Waals surface area contributed by atoms with Gasteiger partial charge in [0.05, 0.1) is 10.9 Å². The lowest BCUT2D eigenvalue weighted by Crippen LogP contribution is -2.51. The number of phenols is 1. The summed E-state index contributed by atoms with van der Waals surface area (Å²) in [5, 5.41) is 14.2. The van der Waals surface area contributed by atoms with Crippen molar-refractivity contribution in [2.24, 2.45) is 0 Å². The molecule has 4 saturated heterocycles. The number of piperazine rings is 1. The standard InChI is InChI=1S/C30H35F3N6O2/c1-16(2)24-21(8-20(40)9-23(24)32)26-25(33)27-22(11-34-26)28(38-13-18-4-5-19(14-38)35-18)37-29(36-27)41-15-30-6-3-7-39(30)12-17(31)10-30/h8-9,11,16-19,35,40H,3-7,10,12-15H2,1-2H3/t17-,18?,19?,30+/m1/s1. The molecule has 4 atom stereocenters. The molecule has 0 aliphatic carbocycles.